The predicted molar refractivity (Wildman–Crippen MR) is 60.1 cm³/mol. The minimum Gasteiger partial charge on any atom is -0.421 e. The Bertz CT molecular complexity index is 475. The Labute approximate surface area is 93.9 Å². The van der Waals surface area contributed by atoms with Crippen LogP contribution in [0.3, 0.4) is 0 Å². The summed E-state index contributed by atoms with van der Waals surface area (Å²) in [6, 6.07) is 5.55. The van der Waals surface area contributed by atoms with Gasteiger partial charge in [0.15, 0.2) is 0 Å². The molecule has 16 heavy (non-hydrogen) atoms. The molecule has 0 bridgehead atoms. The van der Waals surface area contributed by atoms with Crippen LogP contribution in [0.5, 0.6) is 11.8 Å². The minimum absolute atomic E-state index is 0.484. The van der Waals surface area contributed by atoms with Gasteiger partial charge in [0.25, 0.3) is 0 Å². The Morgan fingerprint density at radius 1 is 1.44 bits per heavy atom. The molecule has 0 amide bonds. The highest BCUT2D eigenvalue weighted by Gasteiger charge is 2.04. The second-order valence-corrected chi connectivity index (χ2v) is 3.56. The van der Waals surface area contributed by atoms with Gasteiger partial charge in [0.05, 0.1) is 5.69 Å². The largest absolute Gasteiger partial charge is 0.421 e. The van der Waals surface area contributed by atoms with E-state index in [0.717, 1.165) is 11.3 Å². The molecule has 2 aromatic rings. The summed E-state index contributed by atoms with van der Waals surface area (Å²) in [5.41, 5.74) is 7.38. The van der Waals surface area contributed by atoms with Crippen LogP contribution >= 0.6 is 0 Å². The quantitative estimate of drug-likeness (QED) is 0.845. The van der Waals surface area contributed by atoms with Crippen LogP contribution < -0.4 is 10.5 Å². The highest BCUT2D eigenvalue weighted by atomic mass is 16.5. The van der Waals surface area contributed by atoms with Crippen molar-refractivity contribution in [3.8, 4) is 11.8 Å². The Morgan fingerprint density at radius 2 is 2.25 bits per heavy atom. The van der Waals surface area contributed by atoms with E-state index in [2.05, 4.69) is 10.1 Å². The SMILES string of the molecule is Cc1cc(Oc2ccc(CN)cn2)n(C)n1. The van der Waals surface area contributed by atoms with Gasteiger partial charge < -0.3 is 10.5 Å². The van der Waals surface area contributed by atoms with Gasteiger partial charge in [0.2, 0.25) is 11.8 Å². The van der Waals surface area contributed by atoms with E-state index in [9.17, 15) is 0 Å². The van der Waals surface area contributed by atoms with Crippen LogP contribution in [0.2, 0.25) is 0 Å². The summed E-state index contributed by atoms with van der Waals surface area (Å²) < 4.78 is 7.25. The number of aromatic nitrogens is 3. The molecule has 0 saturated carbocycles. The normalized spacial score (nSPS) is 10.4. The van der Waals surface area contributed by atoms with Crippen LogP contribution in [-0.4, -0.2) is 14.8 Å². The van der Waals surface area contributed by atoms with Crippen molar-refractivity contribution in [2.75, 3.05) is 0 Å². The maximum atomic E-state index is 5.58. The molecule has 0 spiro atoms. The second kappa shape index (κ2) is 4.32. The van der Waals surface area contributed by atoms with Crippen LogP contribution in [0.4, 0.5) is 0 Å². The zero-order chi connectivity index (χ0) is 11.5. The molecule has 2 aromatic heterocycles. The highest BCUT2D eigenvalue weighted by Crippen LogP contribution is 2.19. The third kappa shape index (κ3) is 2.20. The molecule has 0 aliphatic heterocycles. The van der Waals surface area contributed by atoms with Crippen molar-refractivity contribution in [1.29, 1.82) is 0 Å². The number of nitrogens with zero attached hydrogens (tertiary/aromatic N) is 3. The lowest BCUT2D eigenvalue weighted by Gasteiger charge is -2.04. The monoisotopic (exact) mass is 218 g/mol. The van der Waals surface area contributed by atoms with E-state index in [0.29, 0.717) is 18.3 Å². The fraction of sp³-hybridized carbons (Fsp3) is 0.273. The van der Waals surface area contributed by atoms with E-state index in [1.807, 2.05) is 26.1 Å². The second-order valence-electron chi connectivity index (χ2n) is 3.56. The first-order valence-corrected chi connectivity index (χ1v) is 5.02. The van der Waals surface area contributed by atoms with Crippen LogP contribution in [0, 0.1) is 6.92 Å². The van der Waals surface area contributed by atoms with Crippen molar-refractivity contribution in [3.63, 3.8) is 0 Å². The lowest BCUT2D eigenvalue weighted by Crippen LogP contribution is -1.99. The molecule has 5 nitrogen and oxygen atoms in total. The Kier molecular flexibility index (Phi) is 2.87. The van der Waals surface area contributed by atoms with Gasteiger partial charge >= 0.3 is 0 Å². The smallest absolute Gasteiger partial charge is 0.221 e. The summed E-state index contributed by atoms with van der Waals surface area (Å²) >= 11 is 0. The van der Waals surface area contributed by atoms with Crippen LogP contribution in [0.1, 0.15) is 11.3 Å². The molecule has 0 aliphatic rings. The minimum atomic E-state index is 0.484. The lowest BCUT2D eigenvalue weighted by molar-refractivity contribution is 0.415. The summed E-state index contributed by atoms with van der Waals surface area (Å²) in [6.07, 6.45) is 1.71. The number of pyridine rings is 1. The lowest BCUT2D eigenvalue weighted by atomic mass is 10.3. The number of nitrogens with two attached hydrogens (primary N) is 1. The Balaban J connectivity index is 2.17. The molecule has 2 heterocycles. The molecule has 2 rings (SSSR count). The highest BCUT2D eigenvalue weighted by molar-refractivity contribution is 5.23. The van der Waals surface area contributed by atoms with Crippen LogP contribution in [0.25, 0.3) is 0 Å². The Morgan fingerprint density at radius 3 is 2.75 bits per heavy atom. The molecule has 0 aromatic carbocycles. The van der Waals surface area contributed by atoms with Crippen molar-refractivity contribution in [1.82, 2.24) is 14.8 Å². The van der Waals surface area contributed by atoms with E-state index in [4.69, 9.17) is 10.5 Å². The third-order valence-electron chi connectivity index (χ3n) is 2.20. The van der Waals surface area contributed by atoms with Gasteiger partial charge in [0.1, 0.15) is 0 Å². The molecule has 84 valence electrons. The van der Waals surface area contributed by atoms with Crippen molar-refractivity contribution < 1.29 is 4.74 Å². The molecule has 0 radical (unpaired) electrons. The van der Waals surface area contributed by atoms with Gasteiger partial charge in [-0.05, 0) is 12.5 Å². The number of rotatable bonds is 3. The summed E-state index contributed by atoms with van der Waals surface area (Å²) in [7, 11) is 1.83. The summed E-state index contributed by atoms with van der Waals surface area (Å²) in [4.78, 5) is 4.15. The number of ether oxygens (including phenoxy) is 1. The van der Waals surface area contributed by atoms with Crippen molar-refractivity contribution in [2.45, 2.75) is 13.5 Å². The topological polar surface area (TPSA) is 66.0 Å². The molecule has 0 unspecified atom stereocenters. The van der Waals surface area contributed by atoms with E-state index in [1.54, 1.807) is 16.9 Å². The molecule has 0 atom stereocenters. The van der Waals surface area contributed by atoms with Gasteiger partial charge in [-0.1, -0.05) is 6.07 Å². The van der Waals surface area contributed by atoms with E-state index in [1.165, 1.54) is 0 Å². The average Bonchev–Trinajstić information content (AvgIpc) is 2.59. The summed E-state index contributed by atoms with van der Waals surface area (Å²) in [5.74, 6) is 1.21. The zero-order valence-electron chi connectivity index (χ0n) is 9.34. The number of hydrogen-bond acceptors (Lipinski definition) is 4. The first kappa shape index (κ1) is 10.6. The van der Waals surface area contributed by atoms with E-state index >= 15 is 0 Å². The summed E-state index contributed by atoms with van der Waals surface area (Å²) in [6.45, 7) is 2.40. The van der Waals surface area contributed by atoms with Gasteiger partial charge in [-0.2, -0.15) is 5.10 Å². The maximum Gasteiger partial charge on any atom is 0.221 e. The van der Waals surface area contributed by atoms with Crippen LogP contribution in [-0.2, 0) is 13.6 Å². The zero-order valence-corrected chi connectivity index (χ0v) is 9.34. The molecule has 0 saturated heterocycles. The fourth-order valence-electron chi connectivity index (χ4n) is 1.38. The van der Waals surface area contributed by atoms with Gasteiger partial charge in [-0.15, -0.1) is 0 Å². The van der Waals surface area contributed by atoms with Gasteiger partial charge in [-0.3, -0.25) is 0 Å². The molecular weight excluding hydrogens is 204 g/mol. The first-order valence-electron chi connectivity index (χ1n) is 5.02. The van der Waals surface area contributed by atoms with Crippen molar-refractivity contribution in [2.24, 2.45) is 12.8 Å². The van der Waals surface area contributed by atoms with Crippen molar-refractivity contribution >= 4 is 0 Å². The van der Waals surface area contributed by atoms with Crippen LogP contribution in [0.15, 0.2) is 24.4 Å². The first-order chi connectivity index (χ1) is 7.69. The van der Waals surface area contributed by atoms with Gasteiger partial charge in [-0.25, -0.2) is 9.67 Å². The van der Waals surface area contributed by atoms with E-state index < -0.39 is 0 Å². The predicted octanol–water partition coefficient (Wildman–Crippen LogP) is 1.37. The average molecular weight is 218 g/mol. The summed E-state index contributed by atoms with van der Waals surface area (Å²) in [5, 5.41) is 4.18. The number of hydrogen-bond donors (Lipinski definition) is 1. The van der Waals surface area contributed by atoms with E-state index in [-0.39, 0.29) is 0 Å². The molecule has 2 N–H and O–H groups in total. The molecule has 0 fully saturated rings. The number of aryl methyl sites for hydroxylation is 2. The van der Waals surface area contributed by atoms with Gasteiger partial charge in [0, 0.05) is 31.9 Å². The Hall–Kier alpha value is -1.88. The van der Waals surface area contributed by atoms with Crippen molar-refractivity contribution in [3.05, 3.63) is 35.7 Å². The molecule has 0 aliphatic carbocycles. The molecular formula is C11H14N4O. The maximum absolute atomic E-state index is 5.58. The standard InChI is InChI=1S/C11H14N4O/c1-8-5-11(15(2)14-8)16-10-4-3-9(6-12)7-13-10/h3-5,7H,6,12H2,1-2H3. The molecule has 5 heteroatoms. The fourth-order valence-corrected chi connectivity index (χ4v) is 1.38. The third-order valence-corrected chi connectivity index (χ3v) is 2.20.